The molecule has 0 saturated carbocycles. The van der Waals surface area contributed by atoms with E-state index in [0.717, 1.165) is 0 Å². The molecule has 3 aromatic rings. The van der Waals surface area contributed by atoms with Crippen molar-refractivity contribution >= 4 is 27.8 Å². The molecule has 2 aromatic heterocycles. The third kappa shape index (κ3) is 0.952. The van der Waals surface area contributed by atoms with Crippen LogP contribution >= 0.6 is 0 Å². The largest absolute Gasteiger partial charge is 0.507 e. The van der Waals surface area contributed by atoms with Gasteiger partial charge in [-0.2, -0.15) is 0 Å². The quantitative estimate of drug-likeness (QED) is 0.476. The highest BCUT2D eigenvalue weighted by Crippen LogP contribution is 2.31. The number of fused-ring (bicyclic) bond motifs is 3. The van der Waals surface area contributed by atoms with Crippen LogP contribution < -0.4 is 11.6 Å². The maximum Gasteiger partial charge on any atom is 0.152 e. The zero-order valence-electron chi connectivity index (χ0n) is 8.25. The number of nitrogens with zero attached hydrogens (tertiary/aromatic N) is 3. The Balaban J connectivity index is 2.70. The van der Waals surface area contributed by atoms with Crippen molar-refractivity contribution in [2.75, 3.05) is 11.6 Å². The molecule has 0 radical (unpaired) electrons. The molecule has 3 rings (SSSR count). The van der Waals surface area contributed by atoms with Gasteiger partial charge in [0.1, 0.15) is 23.1 Å². The van der Waals surface area contributed by atoms with E-state index in [9.17, 15) is 5.11 Å². The SMILES string of the molecule is Nc1nc2cccc(O)c2c2c1ncn2N. The Labute approximate surface area is 90.1 Å². The van der Waals surface area contributed by atoms with Crippen LogP contribution in [0.4, 0.5) is 5.82 Å². The van der Waals surface area contributed by atoms with Gasteiger partial charge in [-0.3, -0.25) is 0 Å². The molecule has 2 heterocycles. The number of nitrogens with two attached hydrogens (primary N) is 2. The second kappa shape index (κ2) is 2.75. The van der Waals surface area contributed by atoms with Gasteiger partial charge in [0.2, 0.25) is 0 Å². The first kappa shape index (κ1) is 8.78. The normalized spacial score (nSPS) is 11.2. The van der Waals surface area contributed by atoms with E-state index in [1.807, 2.05) is 0 Å². The predicted octanol–water partition coefficient (Wildman–Crippen LogP) is 0.586. The Morgan fingerprint density at radius 1 is 1.31 bits per heavy atom. The highest BCUT2D eigenvalue weighted by Gasteiger charge is 2.13. The number of phenols is 1. The second-order valence-electron chi connectivity index (χ2n) is 3.52. The van der Waals surface area contributed by atoms with Crippen molar-refractivity contribution in [2.45, 2.75) is 0 Å². The summed E-state index contributed by atoms with van der Waals surface area (Å²) >= 11 is 0. The molecule has 0 aliphatic heterocycles. The number of rotatable bonds is 0. The molecule has 6 nitrogen and oxygen atoms in total. The lowest BCUT2D eigenvalue weighted by Crippen LogP contribution is -2.06. The Bertz CT molecular complexity index is 703. The zero-order valence-corrected chi connectivity index (χ0v) is 8.25. The summed E-state index contributed by atoms with van der Waals surface area (Å²) < 4.78 is 1.33. The summed E-state index contributed by atoms with van der Waals surface area (Å²) in [5.74, 6) is 6.16. The first-order valence-corrected chi connectivity index (χ1v) is 4.68. The van der Waals surface area contributed by atoms with E-state index < -0.39 is 0 Å². The molecule has 0 aliphatic rings. The van der Waals surface area contributed by atoms with Crippen LogP contribution in [0.15, 0.2) is 24.5 Å². The summed E-state index contributed by atoms with van der Waals surface area (Å²) in [6.07, 6.45) is 1.44. The highest BCUT2D eigenvalue weighted by molar-refractivity contribution is 6.09. The smallest absolute Gasteiger partial charge is 0.152 e. The maximum absolute atomic E-state index is 9.83. The lowest BCUT2D eigenvalue weighted by atomic mass is 10.1. The van der Waals surface area contributed by atoms with Crippen LogP contribution in [-0.4, -0.2) is 19.8 Å². The van der Waals surface area contributed by atoms with Crippen LogP contribution in [-0.2, 0) is 0 Å². The summed E-state index contributed by atoms with van der Waals surface area (Å²) in [6, 6.07) is 5.04. The number of nitrogen functional groups attached to an aromatic ring is 2. The molecule has 1 aromatic carbocycles. The Kier molecular flexibility index (Phi) is 1.51. The van der Waals surface area contributed by atoms with Crippen LogP contribution in [0.2, 0.25) is 0 Å². The summed E-state index contributed by atoms with van der Waals surface area (Å²) in [5, 5.41) is 10.4. The van der Waals surface area contributed by atoms with Crippen molar-refractivity contribution in [2.24, 2.45) is 0 Å². The summed E-state index contributed by atoms with van der Waals surface area (Å²) in [6.45, 7) is 0. The Morgan fingerprint density at radius 2 is 2.12 bits per heavy atom. The molecular weight excluding hydrogens is 206 g/mol. The number of benzene rings is 1. The fourth-order valence-corrected chi connectivity index (χ4v) is 1.84. The third-order valence-corrected chi connectivity index (χ3v) is 2.53. The van der Waals surface area contributed by atoms with E-state index in [1.165, 1.54) is 11.0 Å². The van der Waals surface area contributed by atoms with Crippen molar-refractivity contribution in [3.05, 3.63) is 24.5 Å². The minimum atomic E-state index is 0.113. The number of imidazole rings is 1. The summed E-state index contributed by atoms with van der Waals surface area (Å²) in [5.41, 5.74) is 7.44. The Hall–Kier alpha value is -2.50. The fourth-order valence-electron chi connectivity index (χ4n) is 1.84. The molecule has 0 spiro atoms. The molecule has 5 N–H and O–H groups in total. The van der Waals surface area contributed by atoms with Crippen molar-refractivity contribution in [1.29, 1.82) is 0 Å². The van der Waals surface area contributed by atoms with E-state index in [0.29, 0.717) is 27.8 Å². The van der Waals surface area contributed by atoms with Crippen LogP contribution in [0, 0.1) is 0 Å². The van der Waals surface area contributed by atoms with Crippen molar-refractivity contribution in [1.82, 2.24) is 14.6 Å². The van der Waals surface area contributed by atoms with Crippen LogP contribution in [0.3, 0.4) is 0 Å². The van der Waals surface area contributed by atoms with Gasteiger partial charge in [0, 0.05) is 0 Å². The first-order valence-electron chi connectivity index (χ1n) is 4.68. The highest BCUT2D eigenvalue weighted by atomic mass is 16.3. The maximum atomic E-state index is 9.83. The number of hydrogen-bond donors (Lipinski definition) is 3. The fraction of sp³-hybridized carbons (Fsp3) is 0. The van der Waals surface area contributed by atoms with Gasteiger partial charge in [-0.05, 0) is 12.1 Å². The van der Waals surface area contributed by atoms with Crippen molar-refractivity contribution in [3.8, 4) is 5.75 Å². The molecule has 16 heavy (non-hydrogen) atoms. The number of aromatic nitrogens is 3. The van der Waals surface area contributed by atoms with Gasteiger partial charge < -0.3 is 16.7 Å². The lowest BCUT2D eigenvalue weighted by Gasteiger charge is -2.04. The number of pyridine rings is 1. The number of phenolic OH excluding ortho intramolecular Hbond substituents is 1. The monoisotopic (exact) mass is 215 g/mol. The first-order chi connectivity index (χ1) is 7.68. The topological polar surface area (TPSA) is 103 Å². The molecule has 0 saturated heterocycles. The van der Waals surface area contributed by atoms with Gasteiger partial charge in [0.05, 0.1) is 10.9 Å². The van der Waals surface area contributed by atoms with E-state index in [-0.39, 0.29) is 5.75 Å². The standard InChI is InChI=1S/C10H9N5O/c11-10-8-9(15(12)4-13-8)7-5(14-10)2-1-3-6(7)16/h1-4,16H,12H2,(H2,11,14). The Morgan fingerprint density at radius 3 is 2.94 bits per heavy atom. The van der Waals surface area contributed by atoms with Gasteiger partial charge in [-0.25, -0.2) is 14.6 Å². The lowest BCUT2D eigenvalue weighted by molar-refractivity contribution is 0.482. The number of aromatic hydroxyl groups is 1. The molecule has 0 aliphatic carbocycles. The average Bonchev–Trinajstić information content (AvgIpc) is 2.62. The minimum Gasteiger partial charge on any atom is -0.507 e. The molecule has 0 bridgehead atoms. The minimum absolute atomic E-state index is 0.113. The van der Waals surface area contributed by atoms with E-state index in [4.69, 9.17) is 11.6 Å². The van der Waals surface area contributed by atoms with Gasteiger partial charge >= 0.3 is 0 Å². The second-order valence-corrected chi connectivity index (χ2v) is 3.52. The molecule has 0 unspecified atom stereocenters. The zero-order chi connectivity index (χ0) is 11.3. The average molecular weight is 215 g/mol. The molecule has 0 atom stereocenters. The van der Waals surface area contributed by atoms with E-state index >= 15 is 0 Å². The summed E-state index contributed by atoms with van der Waals surface area (Å²) in [4.78, 5) is 8.21. The van der Waals surface area contributed by atoms with E-state index in [2.05, 4.69) is 9.97 Å². The van der Waals surface area contributed by atoms with Crippen molar-refractivity contribution < 1.29 is 5.11 Å². The van der Waals surface area contributed by atoms with Crippen LogP contribution in [0.1, 0.15) is 0 Å². The molecule has 0 fully saturated rings. The third-order valence-electron chi connectivity index (χ3n) is 2.53. The molecule has 80 valence electrons. The number of anilines is 1. The molecule has 6 heteroatoms. The molecule has 0 amide bonds. The van der Waals surface area contributed by atoms with Gasteiger partial charge in [0.25, 0.3) is 0 Å². The van der Waals surface area contributed by atoms with E-state index in [1.54, 1.807) is 18.2 Å². The molecular formula is C10H9N5O. The predicted molar refractivity (Wildman–Crippen MR) is 61.3 cm³/mol. The number of hydrogen-bond acceptors (Lipinski definition) is 5. The van der Waals surface area contributed by atoms with Gasteiger partial charge in [-0.1, -0.05) is 6.07 Å². The van der Waals surface area contributed by atoms with Crippen LogP contribution in [0.5, 0.6) is 5.75 Å². The van der Waals surface area contributed by atoms with Crippen molar-refractivity contribution in [3.63, 3.8) is 0 Å². The van der Waals surface area contributed by atoms with Gasteiger partial charge in [0.15, 0.2) is 5.82 Å². The van der Waals surface area contributed by atoms with Gasteiger partial charge in [-0.15, -0.1) is 0 Å². The summed E-state index contributed by atoms with van der Waals surface area (Å²) in [7, 11) is 0. The van der Waals surface area contributed by atoms with Crippen LogP contribution in [0.25, 0.3) is 21.9 Å².